The van der Waals surface area contributed by atoms with Gasteiger partial charge < -0.3 is 24.3 Å². The van der Waals surface area contributed by atoms with Crippen LogP contribution in [0.3, 0.4) is 0 Å². The van der Waals surface area contributed by atoms with Gasteiger partial charge in [-0.25, -0.2) is 0 Å². The maximum Gasteiger partial charge on any atom is 0.306 e. The van der Waals surface area contributed by atoms with Gasteiger partial charge in [0.15, 0.2) is 18.0 Å². The van der Waals surface area contributed by atoms with Crippen molar-refractivity contribution in [2.45, 2.75) is 96.2 Å². The fourth-order valence-corrected chi connectivity index (χ4v) is 8.62. The number of aliphatic hydroxyl groups is 1. The largest absolute Gasteiger partial charge is 0.457 e. The number of aliphatic hydroxyl groups excluding tert-OH is 1. The minimum absolute atomic E-state index is 0.00509. The highest BCUT2D eigenvalue weighted by Crippen LogP contribution is 2.68. The first-order valence-corrected chi connectivity index (χ1v) is 15.8. The molecule has 0 amide bonds. The summed E-state index contributed by atoms with van der Waals surface area (Å²) in [4.78, 5) is 81.0. The number of carbonyl (C=O) groups is 4. The Kier molecular flexibility index (Phi) is 10.8. The zero-order chi connectivity index (χ0) is 33.7. The van der Waals surface area contributed by atoms with Gasteiger partial charge in [0.2, 0.25) is 5.78 Å². The zero-order valence-corrected chi connectivity index (χ0v) is 26.2. The summed E-state index contributed by atoms with van der Waals surface area (Å²) in [6, 6.07) is 0. The van der Waals surface area contributed by atoms with E-state index in [0.717, 1.165) is 5.57 Å². The molecule has 4 aliphatic rings. The van der Waals surface area contributed by atoms with E-state index in [1.807, 2.05) is 19.9 Å². The molecule has 0 aliphatic heterocycles. The highest BCUT2D eigenvalue weighted by Gasteiger charge is 2.70. The highest BCUT2D eigenvalue weighted by atomic mass is 17.0. The number of fused-ring (bicyclic) bond motifs is 5. The predicted molar refractivity (Wildman–Crippen MR) is 156 cm³/mol. The van der Waals surface area contributed by atoms with Gasteiger partial charge in [-0.3, -0.25) is 19.2 Å². The molecule has 3 fully saturated rings. The van der Waals surface area contributed by atoms with Crippen LogP contribution in [0.5, 0.6) is 0 Å². The summed E-state index contributed by atoms with van der Waals surface area (Å²) >= 11 is 0. The maximum absolute atomic E-state index is 14.1. The van der Waals surface area contributed by atoms with Crippen molar-refractivity contribution in [3.63, 3.8) is 0 Å². The van der Waals surface area contributed by atoms with E-state index in [1.54, 1.807) is 6.08 Å². The number of rotatable bonds is 16. The van der Waals surface area contributed by atoms with Gasteiger partial charge in [-0.05, 0) is 75.4 Å². The summed E-state index contributed by atoms with van der Waals surface area (Å²) < 4.78 is 11.4. The van der Waals surface area contributed by atoms with E-state index in [4.69, 9.17) is 9.47 Å². The number of Topliss-reactive ketones (excluding diaryl/α,β-unsaturated/α-hetero) is 1. The van der Waals surface area contributed by atoms with E-state index < -0.39 is 57.0 Å². The molecular weight excluding hydrogens is 608 g/mol. The Morgan fingerprint density at radius 3 is 2.35 bits per heavy atom. The molecular formula is C31H42N2O13. The Morgan fingerprint density at radius 2 is 1.65 bits per heavy atom. The van der Waals surface area contributed by atoms with Crippen molar-refractivity contribution in [2.24, 2.45) is 28.6 Å². The molecule has 0 aromatic carbocycles. The van der Waals surface area contributed by atoms with Crippen molar-refractivity contribution >= 4 is 23.5 Å². The quantitative estimate of drug-likeness (QED) is 0.110. The number of nitrogens with zero attached hydrogens (tertiary/aromatic N) is 2. The third kappa shape index (κ3) is 7.08. The van der Waals surface area contributed by atoms with E-state index in [9.17, 15) is 44.5 Å². The third-order valence-electron chi connectivity index (χ3n) is 10.7. The fourth-order valence-electron chi connectivity index (χ4n) is 8.62. The molecule has 3 saturated carbocycles. The molecule has 15 nitrogen and oxygen atoms in total. The second-order valence-electron chi connectivity index (χ2n) is 13.2. The third-order valence-corrected chi connectivity index (χ3v) is 10.7. The average molecular weight is 651 g/mol. The lowest BCUT2D eigenvalue weighted by atomic mass is 9.46. The van der Waals surface area contributed by atoms with E-state index >= 15 is 0 Å². The Balaban J connectivity index is 1.52. The van der Waals surface area contributed by atoms with Crippen LogP contribution in [-0.2, 0) is 38.3 Å². The number of unbranched alkanes of at least 4 members (excludes halogenated alkanes) is 2. The molecule has 0 aromatic rings. The number of hydrogen-bond acceptors (Lipinski definition) is 13. The summed E-state index contributed by atoms with van der Waals surface area (Å²) in [7, 11) is 0. The molecule has 1 N–H and O–H groups in total. The molecule has 0 saturated heterocycles. The normalized spacial score (nSPS) is 32.7. The van der Waals surface area contributed by atoms with Crippen LogP contribution in [0.2, 0.25) is 0 Å². The van der Waals surface area contributed by atoms with Gasteiger partial charge in [0.25, 0.3) is 10.2 Å². The van der Waals surface area contributed by atoms with E-state index in [0.29, 0.717) is 38.5 Å². The van der Waals surface area contributed by atoms with Crippen molar-refractivity contribution in [1.29, 1.82) is 0 Å². The Hall–Kier alpha value is -3.88. The second-order valence-corrected chi connectivity index (χ2v) is 13.2. The van der Waals surface area contributed by atoms with Crippen LogP contribution < -0.4 is 0 Å². The summed E-state index contributed by atoms with van der Waals surface area (Å²) in [5.41, 5.74) is -2.22. The Morgan fingerprint density at radius 1 is 0.978 bits per heavy atom. The standard InChI is InChI=1S/C31H42N2O13/c1-29-13-11-21(34)17-20(29)9-10-22-23-12-14-31(30(23,2)18-24(35)28(22)29,46-27(38)7-4-3-5-15-44-32(39)40)25(36)19-43-26(37)8-6-16-45-33(41)42/h11,13,17,22-24,28,35H,3-10,12,14-16,18-19H2,1-2H3/t22?,23?,24-,28+,29-,30-,31-/m0/s1. The van der Waals surface area contributed by atoms with Gasteiger partial charge in [-0.15, -0.1) is 20.2 Å². The molecule has 15 heteroatoms. The first-order valence-electron chi connectivity index (χ1n) is 15.8. The molecule has 254 valence electrons. The number of ether oxygens (including phenoxy) is 2. The molecule has 0 radical (unpaired) electrons. The SMILES string of the molecule is C[C@]12C=CC(=O)C=C1CCC1C3CC[C@](OC(=O)CCCCCO[N+](=O)[O-])(C(=O)COC(=O)CCCO[N+](=O)[O-])[C@@]3(C)C[C@H](O)[C@@H]12. The van der Waals surface area contributed by atoms with Gasteiger partial charge in [0.1, 0.15) is 0 Å². The first kappa shape index (κ1) is 35.0. The molecule has 4 aliphatic carbocycles. The smallest absolute Gasteiger partial charge is 0.306 e. The van der Waals surface area contributed by atoms with Gasteiger partial charge in [-0.2, -0.15) is 0 Å². The van der Waals surface area contributed by atoms with Crippen LogP contribution in [0.15, 0.2) is 23.8 Å². The molecule has 0 heterocycles. The molecule has 2 unspecified atom stereocenters. The Labute approximate surface area is 265 Å². The van der Waals surface area contributed by atoms with Crippen molar-refractivity contribution in [3.8, 4) is 0 Å². The summed E-state index contributed by atoms with van der Waals surface area (Å²) in [6.45, 7) is 2.80. The van der Waals surface area contributed by atoms with Crippen LogP contribution in [-0.4, -0.2) is 70.3 Å². The number of esters is 2. The summed E-state index contributed by atoms with van der Waals surface area (Å²) in [5.74, 6) is -2.44. The molecule has 0 bridgehead atoms. The lowest BCUT2D eigenvalue weighted by Crippen LogP contribution is -2.63. The van der Waals surface area contributed by atoms with Crippen LogP contribution in [0.25, 0.3) is 0 Å². The second kappa shape index (κ2) is 14.3. The molecule has 46 heavy (non-hydrogen) atoms. The van der Waals surface area contributed by atoms with Crippen molar-refractivity contribution in [2.75, 3.05) is 19.8 Å². The average Bonchev–Trinajstić information content (AvgIpc) is 3.27. The van der Waals surface area contributed by atoms with Crippen LogP contribution in [0, 0.1) is 48.8 Å². The lowest BCUT2D eigenvalue weighted by molar-refractivity contribution is -0.757. The van der Waals surface area contributed by atoms with Crippen molar-refractivity contribution in [1.82, 2.24) is 0 Å². The number of allylic oxidation sites excluding steroid dienone is 4. The fraction of sp³-hybridized carbons (Fsp3) is 0.742. The van der Waals surface area contributed by atoms with Gasteiger partial charge in [-0.1, -0.05) is 31.9 Å². The van der Waals surface area contributed by atoms with Crippen molar-refractivity contribution in [3.05, 3.63) is 44.0 Å². The number of carbonyl (C=O) groups excluding carboxylic acids is 4. The Bertz CT molecular complexity index is 1300. The van der Waals surface area contributed by atoms with Crippen LogP contribution >= 0.6 is 0 Å². The van der Waals surface area contributed by atoms with E-state index in [1.165, 1.54) is 6.08 Å². The van der Waals surface area contributed by atoms with E-state index in [2.05, 4.69) is 9.68 Å². The topological polar surface area (TPSA) is 212 Å². The maximum atomic E-state index is 14.1. The monoisotopic (exact) mass is 650 g/mol. The summed E-state index contributed by atoms with van der Waals surface area (Å²) in [5, 5.41) is 30.6. The van der Waals surface area contributed by atoms with E-state index in [-0.39, 0.29) is 68.9 Å². The van der Waals surface area contributed by atoms with Gasteiger partial charge >= 0.3 is 11.9 Å². The van der Waals surface area contributed by atoms with Crippen LogP contribution in [0.1, 0.15) is 84.5 Å². The van der Waals surface area contributed by atoms with Gasteiger partial charge in [0.05, 0.1) is 19.3 Å². The summed E-state index contributed by atoms with van der Waals surface area (Å²) in [6.07, 6.45) is 7.28. The number of hydrogen-bond donors (Lipinski definition) is 1. The predicted octanol–water partition coefficient (Wildman–Crippen LogP) is 3.42. The number of ketones is 2. The minimum atomic E-state index is -1.68. The van der Waals surface area contributed by atoms with Crippen LogP contribution in [0.4, 0.5) is 0 Å². The first-order chi connectivity index (χ1) is 21.7. The zero-order valence-electron chi connectivity index (χ0n) is 26.2. The molecule has 0 spiro atoms. The van der Waals surface area contributed by atoms with Gasteiger partial charge in [0, 0.05) is 29.6 Å². The molecule has 0 aromatic heterocycles. The highest BCUT2D eigenvalue weighted by molar-refractivity contribution is 6.01. The lowest BCUT2D eigenvalue weighted by Gasteiger charge is -2.59. The molecule has 7 atom stereocenters. The molecule has 4 rings (SSSR count). The minimum Gasteiger partial charge on any atom is -0.457 e. The van der Waals surface area contributed by atoms with Crippen molar-refractivity contribution < 1.29 is 53.6 Å².